The fraction of sp³-hybridized carbons (Fsp3) is 0.706. The molecule has 4 nitrogen and oxygen atoms in total. The van der Waals surface area contributed by atoms with Gasteiger partial charge in [0.15, 0.2) is 5.96 Å². The first kappa shape index (κ1) is 20.7. The fourth-order valence-electron chi connectivity index (χ4n) is 3.13. The lowest BCUT2D eigenvalue weighted by molar-refractivity contribution is 0.125. The molecule has 132 valence electrons. The summed E-state index contributed by atoms with van der Waals surface area (Å²) in [5.41, 5.74) is 0. The van der Waals surface area contributed by atoms with Gasteiger partial charge in [0.05, 0.1) is 0 Å². The van der Waals surface area contributed by atoms with Crippen LogP contribution in [0, 0.1) is 11.8 Å². The highest BCUT2D eigenvalue weighted by atomic mass is 127. The van der Waals surface area contributed by atoms with Gasteiger partial charge in [-0.15, -0.1) is 35.3 Å². The van der Waals surface area contributed by atoms with Gasteiger partial charge < -0.3 is 10.6 Å². The molecule has 0 saturated carbocycles. The monoisotopic (exact) mass is 450 g/mol. The van der Waals surface area contributed by atoms with E-state index < -0.39 is 0 Å². The predicted molar refractivity (Wildman–Crippen MR) is 112 cm³/mol. The van der Waals surface area contributed by atoms with Crippen LogP contribution in [-0.2, 0) is 0 Å². The summed E-state index contributed by atoms with van der Waals surface area (Å²) in [6.07, 6.45) is 2.56. The number of likely N-dealkylation sites (tertiary alicyclic amines) is 1. The van der Waals surface area contributed by atoms with Gasteiger partial charge in [-0.1, -0.05) is 19.9 Å². The number of hydrogen-bond acceptors (Lipinski definition) is 3. The molecule has 1 aliphatic rings. The Morgan fingerprint density at radius 1 is 1.43 bits per heavy atom. The van der Waals surface area contributed by atoms with Crippen molar-refractivity contribution in [2.45, 2.75) is 32.7 Å². The van der Waals surface area contributed by atoms with Crippen LogP contribution in [-0.4, -0.2) is 44.6 Å². The fourth-order valence-corrected chi connectivity index (χ4v) is 4.11. The van der Waals surface area contributed by atoms with Crippen molar-refractivity contribution in [2.75, 3.05) is 33.7 Å². The average molecular weight is 450 g/mol. The Morgan fingerprint density at radius 2 is 2.22 bits per heavy atom. The summed E-state index contributed by atoms with van der Waals surface area (Å²) in [5.74, 6) is 2.18. The maximum absolute atomic E-state index is 4.33. The molecule has 2 unspecified atom stereocenters. The van der Waals surface area contributed by atoms with Gasteiger partial charge in [-0.05, 0) is 49.7 Å². The third-order valence-electron chi connectivity index (χ3n) is 4.27. The Kier molecular flexibility index (Phi) is 9.46. The molecular weight excluding hydrogens is 419 g/mol. The molecule has 2 N–H and O–H groups in total. The number of piperidine rings is 1. The number of nitrogens with one attached hydrogen (secondary N) is 2. The molecule has 1 aliphatic heterocycles. The minimum Gasteiger partial charge on any atom is -0.356 e. The molecular formula is C17H31IN4S. The molecule has 23 heavy (non-hydrogen) atoms. The lowest BCUT2D eigenvalue weighted by Gasteiger charge is -2.39. The quantitative estimate of drug-likeness (QED) is 0.410. The summed E-state index contributed by atoms with van der Waals surface area (Å²) in [5, 5.41) is 9.11. The molecule has 0 radical (unpaired) electrons. The first-order valence-corrected chi connectivity index (χ1v) is 9.18. The van der Waals surface area contributed by atoms with E-state index in [0.29, 0.717) is 17.9 Å². The van der Waals surface area contributed by atoms with Crippen LogP contribution in [0.3, 0.4) is 0 Å². The van der Waals surface area contributed by atoms with Gasteiger partial charge in [0, 0.05) is 31.1 Å². The molecule has 6 heteroatoms. The van der Waals surface area contributed by atoms with Crippen molar-refractivity contribution in [1.82, 2.24) is 15.5 Å². The number of guanidine groups is 1. The highest BCUT2D eigenvalue weighted by molar-refractivity contribution is 14.0. The highest BCUT2D eigenvalue weighted by Gasteiger charge is 2.31. The van der Waals surface area contributed by atoms with Gasteiger partial charge in [0.2, 0.25) is 0 Å². The Balaban J connectivity index is 0.00000264. The first-order valence-electron chi connectivity index (χ1n) is 8.30. The van der Waals surface area contributed by atoms with Gasteiger partial charge in [-0.2, -0.15) is 0 Å². The van der Waals surface area contributed by atoms with Gasteiger partial charge in [-0.3, -0.25) is 9.89 Å². The second-order valence-electron chi connectivity index (χ2n) is 6.57. The third kappa shape index (κ3) is 6.23. The minimum atomic E-state index is 0. The van der Waals surface area contributed by atoms with Crippen molar-refractivity contribution in [1.29, 1.82) is 0 Å². The zero-order chi connectivity index (χ0) is 15.9. The van der Waals surface area contributed by atoms with E-state index in [1.165, 1.54) is 24.3 Å². The molecule has 2 atom stereocenters. The Bertz CT molecular complexity index is 461. The number of nitrogens with zero attached hydrogens (tertiary/aromatic N) is 2. The maximum Gasteiger partial charge on any atom is 0.190 e. The van der Waals surface area contributed by atoms with Crippen molar-refractivity contribution in [3.05, 3.63) is 22.4 Å². The lowest BCUT2D eigenvalue weighted by atomic mass is 9.88. The van der Waals surface area contributed by atoms with Crippen LogP contribution >= 0.6 is 35.3 Å². The number of thiophene rings is 1. The zero-order valence-electron chi connectivity index (χ0n) is 14.7. The summed E-state index contributed by atoms with van der Waals surface area (Å²) in [6.45, 7) is 7.55. The van der Waals surface area contributed by atoms with Gasteiger partial charge >= 0.3 is 0 Å². The number of hydrogen-bond donors (Lipinski definition) is 2. The molecule has 1 aromatic rings. The third-order valence-corrected chi connectivity index (χ3v) is 5.22. The summed E-state index contributed by atoms with van der Waals surface area (Å²) in [7, 11) is 4.10. The van der Waals surface area contributed by atoms with E-state index in [0.717, 1.165) is 19.0 Å². The van der Waals surface area contributed by atoms with Crippen molar-refractivity contribution in [3.63, 3.8) is 0 Å². The lowest BCUT2D eigenvalue weighted by Crippen LogP contribution is -2.45. The summed E-state index contributed by atoms with van der Waals surface area (Å²) in [6, 6.07) is 4.97. The summed E-state index contributed by atoms with van der Waals surface area (Å²) >= 11 is 1.88. The van der Waals surface area contributed by atoms with E-state index in [1.54, 1.807) is 0 Å². The van der Waals surface area contributed by atoms with Gasteiger partial charge in [-0.25, -0.2) is 0 Å². The molecule has 2 heterocycles. The maximum atomic E-state index is 4.33. The van der Waals surface area contributed by atoms with Gasteiger partial charge in [0.1, 0.15) is 0 Å². The summed E-state index contributed by atoms with van der Waals surface area (Å²) in [4.78, 5) is 8.33. The summed E-state index contributed by atoms with van der Waals surface area (Å²) < 4.78 is 0. The van der Waals surface area contributed by atoms with Crippen molar-refractivity contribution in [2.24, 2.45) is 16.8 Å². The van der Waals surface area contributed by atoms with Crippen molar-refractivity contribution in [3.8, 4) is 0 Å². The smallest absolute Gasteiger partial charge is 0.190 e. The van der Waals surface area contributed by atoms with Crippen LogP contribution in [0.1, 0.15) is 37.6 Å². The van der Waals surface area contributed by atoms with Crippen LogP contribution in [0.15, 0.2) is 22.5 Å². The van der Waals surface area contributed by atoms with Gasteiger partial charge in [0.25, 0.3) is 0 Å². The average Bonchev–Trinajstić information content (AvgIpc) is 3.01. The number of halogens is 1. The molecule has 0 amide bonds. The molecule has 0 spiro atoms. The van der Waals surface area contributed by atoms with Crippen LogP contribution in [0.5, 0.6) is 0 Å². The molecule has 0 aromatic carbocycles. The van der Waals surface area contributed by atoms with E-state index in [-0.39, 0.29) is 24.0 Å². The number of rotatable bonds is 5. The normalized spacial score (nSPS) is 22.7. The predicted octanol–water partition coefficient (Wildman–Crippen LogP) is 3.57. The van der Waals surface area contributed by atoms with E-state index in [9.17, 15) is 0 Å². The van der Waals surface area contributed by atoms with Crippen molar-refractivity contribution < 1.29 is 0 Å². The standard InChI is InChI=1S/C17H30N4S.HI/c1-13(2)11-19-17(18-3)20-12-14-7-5-9-21(4)16(14)15-8-6-10-22-15;/h6,8,10,13-14,16H,5,7,9,11-12H2,1-4H3,(H2,18,19,20);1H. The Hall–Kier alpha value is -0.340. The minimum absolute atomic E-state index is 0. The first-order chi connectivity index (χ1) is 10.6. The topological polar surface area (TPSA) is 39.7 Å². The van der Waals surface area contributed by atoms with Crippen molar-refractivity contribution >= 4 is 41.3 Å². The zero-order valence-corrected chi connectivity index (χ0v) is 17.9. The van der Waals surface area contributed by atoms with E-state index in [2.05, 4.69) is 58.9 Å². The molecule has 0 aliphatic carbocycles. The molecule has 1 fully saturated rings. The van der Waals surface area contributed by atoms with Crippen LogP contribution < -0.4 is 10.6 Å². The van der Waals surface area contributed by atoms with Crippen LogP contribution in [0.25, 0.3) is 0 Å². The van der Waals surface area contributed by atoms with E-state index >= 15 is 0 Å². The highest BCUT2D eigenvalue weighted by Crippen LogP contribution is 2.36. The number of aliphatic imine (C=N–C) groups is 1. The molecule has 2 rings (SSSR count). The van der Waals surface area contributed by atoms with E-state index in [4.69, 9.17) is 0 Å². The second kappa shape index (κ2) is 10.5. The SMILES string of the molecule is CN=C(NCC(C)C)NCC1CCCN(C)C1c1cccs1.I. The molecule has 0 bridgehead atoms. The Labute approximate surface area is 162 Å². The van der Waals surface area contributed by atoms with E-state index in [1.807, 2.05) is 18.4 Å². The second-order valence-corrected chi connectivity index (χ2v) is 7.55. The van der Waals surface area contributed by atoms with Crippen LogP contribution in [0.4, 0.5) is 0 Å². The van der Waals surface area contributed by atoms with Crippen LogP contribution in [0.2, 0.25) is 0 Å². The largest absolute Gasteiger partial charge is 0.356 e. The molecule has 1 aromatic heterocycles. The molecule has 1 saturated heterocycles. The Morgan fingerprint density at radius 3 is 2.83 bits per heavy atom.